The fourth-order valence-electron chi connectivity index (χ4n) is 3.05. The van der Waals surface area contributed by atoms with Gasteiger partial charge in [0, 0.05) is 19.1 Å². The maximum absolute atomic E-state index is 12.3. The van der Waals surface area contributed by atoms with Crippen LogP contribution in [0.1, 0.15) is 40.0 Å². The fourth-order valence-corrected chi connectivity index (χ4v) is 3.81. The average molecular weight is 388 g/mol. The van der Waals surface area contributed by atoms with Crippen molar-refractivity contribution in [2.24, 2.45) is 5.92 Å². The first-order valence-corrected chi connectivity index (χ1v) is 10.7. The largest absolute Gasteiger partial charge is 0.353 e. The average Bonchev–Trinajstić information content (AvgIpc) is 3.11. The van der Waals surface area contributed by atoms with Crippen LogP contribution in [0.5, 0.6) is 0 Å². The number of para-hydroxylation sites is 1. The zero-order valence-electron chi connectivity index (χ0n) is 16.4. The molecule has 1 amide bonds. The molecule has 1 atom stereocenters. The quantitative estimate of drug-likeness (QED) is 0.737. The van der Waals surface area contributed by atoms with E-state index in [0.29, 0.717) is 11.7 Å². The highest BCUT2D eigenvalue weighted by Crippen LogP contribution is 2.28. The van der Waals surface area contributed by atoms with Gasteiger partial charge < -0.3 is 10.2 Å². The van der Waals surface area contributed by atoms with Gasteiger partial charge in [0.05, 0.1) is 11.4 Å². The van der Waals surface area contributed by atoms with Crippen LogP contribution in [-0.2, 0) is 4.79 Å². The Labute approximate surface area is 165 Å². The zero-order valence-corrected chi connectivity index (χ0v) is 17.2. The topological polar surface area (TPSA) is 63.1 Å². The number of aromatic nitrogens is 3. The number of benzene rings is 1. The first-order valence-electron chi connectivity index (χ1n) is 9.74. The highest BCUT2D eigenvalue weighted by Gasteiger charge is 2.22. The predicted octanol–water partition coefficient (Wildman–Crippen LogP) is 3.51. The molecular formula is C20H29N5OS. The van der Waals surface area contributed by atoms with Gasteiger partial charge in [-0.15, -0.1) is 10.2 Å². The Morgan fingerprint density at radius 2 is 1.81 bits per heavy atom. The minimum absolute atomic E-state index is 0.0309. The summed E-state index contributed by atoms with van der Waals surface area (Å²) in [6.07, 6.45) is 3.63. The van der Waals surface area contributed by atoms with Gasteiger partial charge in [-0.1, -0.05) is 43.8 Å². The molecule has 0 saturated carbocycles. The Kier molecular flexibility index (Phi) is 6.77. The summed E-state index contributed by atoms with van der Waals surface area (Å²) in [5.41, 5.74) is 1.03. The lowest BCUT2D eigenvalue weighted by Gasteiger charge is -2.27. The molecule has 0 unspecified atom stereocenters. The molecule has 7 heteroatoms. The number of nitrogens with one attached hydrogen (secondary N) is 1. The van der Waals surface area contributed by atoms with Crippen molar-refractivity contribution in [3.63, 3.8) is 0 Å². The SMILES string of the molecule is CC(C)[C@@H](C)NC(=O)CSc1nnc(N2CCCCC2)n1-c1ccccc1. The third-order valence-corrected chi connectivity index (χ3v) is 5.92. The van der Waals surface area contributed by atoms with E-state index in [0.717, 1.165) is 29.9 Å². The maximum atomic E-state index is 12.3. The number of amides is 1. The van der Waals surface area contributed by atoms with E-state index in [1.165, 1.54) is 31.0 Å². The normalized spacial score (nSPS) is 15.8. The van der Waals surface area contributed by atoms with E-state index in [4.69, 9.17) is 0 Å². The van der Waals surface area contributed by atoms with Crippen molar-refractivity contribution < 1.29 is 4.79 Å². The molecule has 0 bridgehead atoms. The van der Waals surface area contributed by atoms with E-state index in [-0.39, 0.29) is 11.9 Å². The molecule has 0 radical (unpaired) electrons. The third-order valence-electron chi connectivity index (χ3n) is 4.99. The van der Waals surface area contributed by atoms with Gasteiger partial charge in [-0.25, -0.2) is 0 Å². The van der Waals surface area contributed by atoms with Gasteiger partial charge in [-0.05, 0) is 44.2 Å². The molecule has 1 aliphatic heterocycles. The van der Waals surface area contributed by atoms with Gasteiger partial charge in [-0.2, -0.15) is 0 Å². The highest BCUT2D eigenvalue weighted by atomic mass is 32.2. The molecule has 1 aliphatic rings. The summed E-state index contributed by atoms with van der Waals surface area (Å²) in [5, 5.41) is 12.7. The number of piperidine rings is 1. The van der Waals surface area contributed by atoms with Crippen LogP contribution in [0.4, 0.5) is 5.95 Å². The number of hydrogen-bond acceptors (Lipinski definition) is 5. The molecule has 1 aromatic carbocycles. The van der Waals surface area contributed by atoms with E-state index in [2.05, 4.69) is 51.0 Å². The third kappa shape index (κ3) is 5.03. The second-order valence-electron chi connectivity index (χ2n) is 7.39. The van der Waals surface area contributed by atoms with Crippen LogP contribution in [0, 0.1) is 5.92 Å². The molecule has 3 rings (SSSR count). The Bertz CT molecular complexity index is 740. The number of carbonyl (C=O) groups is 1. The monoisotopic (exact) mass is 387 g/mol. The predicted molar refractivity (Wildman–Crippen MR) is 111 cm³/mol. The Hall–Kier alpha value is -2.02. The minimum Gasteiger partial charge on any atom is -0.353 e. The van der Waals surface area contributed by atoms with Crippen LogP contribution < -0.4 is 10.2 Å². The van der Waals surface area contributed by atoms with E-state index in [1.807, 2.05) is 25.1 Å². The lowest BCUT2D eigenvalue weighted by molar-refractivity contribution is -0.119. The number of carbonyl (C=O) groups excluding carboxylic acids is 1. The van der Waals surface area contributed by atoms with Crippen LogP contribution >= 0.6 is 11.8 Å². The summed E-state index contributed by atoms with van der Waals surface area (Å²) in [6, 6.07) is 10.3. The van der Waals surface area contributed by atoms with E-state index in [1.54, 1.807) is 0 Å². The van der Waals surface area contributed by atoms with Gasteiger partial charge >= 0.3 is 0 Å². The summed E-state index contributed by atoms with van der Waals surface area (Å²) in [6.45, 7) is 8.25. The first-order chi connectivity index (χ1) is 13.1. The molecule has 0 spiro atoms. The molecular weight excluding hydrogens is 358 g/mol. The van der Waals surface area contributed by atoms with Gasteiger partial charge in [-0.3, -0.25) is 9.36 Å². The number of hydrogen-bond donors (Lipinski definition) is 1. The Morgan fingerprint density at radius 1 is 1.11 bits per heavy atom. The molecule has 6 nitrogen and oxygen atoms in total. The number of thioether (sulfide) groups is 1. The number of nitrogens with zero attached hydrogens (tertiary/aromatic N) is 4. The molecule has 1 aromatic heterocycles. The van der Waals surface area contributed by atoms with Crippen molar-refractivity contribution in [1.82, 2.24) is 20.1 Å². The van der Waals surface area contributed by atoms with Crippen LogP contribution in [-0.4, -0.2) is 45.6 Å². The maximum Gasteiger partial charge on any atom is 0.232 e. The van der Waals surface area contributed by atoms with Crippen LogP contribution in [0.25, 0.3) is 5.69 Å². The van der Waals surface area contributed by atoms with Gasteiger partial charge in [0.25, 0.3) is 0 Å². The Morgan fingerprint density at radius 3 is 2.48 bits per heavy atom. The molecule has 1 N–H and O–H groups in total. The van der Waals surface area contributed by atoms with Crippen molar-refractivity contribution in [3.05, 3.63) is 30.3 Å². The summed E-state index contributed by atoms with van der Waals surface area (Å²) >= 11 is 1.44. The van der Waals surface area contributed by atoms with Crippen molar-refractivity contribution >= 4 is 23.6 Å². The second-order valence-corrected chi connectivity index (χ2v) is 8.33. The number of rotatable bonds is 7. The fraction of sp³-hybridized carbons (Fsp3) is 0.550. The molecule has 146 valence electrons. The van der Waals surface area contributed by atoms with Gasteiger partial charge in [0.1, 0.15) is 0 Å². The van der Waals surface area contributed by atoms with Crippen molar-refractivity contribution in [3.8, 4) is 5.69 Å². The van der Waals surface area contributed by atoms with E-state index >= 15 is 0 Å². The zero-order chi connectivity index (χ0) is 19.2. The number of anilines is 1. The highest BCUT2D eigenvalue weighted by molar-refractivity contribution is 7.99. The van der Waals surface area contributed by atoms with E-state index in [9.17, 15) is 4.79 Å². The summed E-state index contributed by atoms with van der Waals surface area (Å²) in [4.78, 5) is 14.6. The summed E-state index contributed by atoms with van der Waals surface area (Å²) < 4.78 is 2.08. The molecule has 2 heterocycles. The first kappa shape index (κ1) is 19.7. The standard InChI is InChI=1S/C20H29N5OS/c1-15(2)16(3)21-18(26)14-27-20-23-22-19(24-12-8-5-9-13-24)25(20)17-10-6-4-7-11-17/h4,6-7,10-11,15-16H,5,8-9,12-14H2,1-3H3,(H,21,26)/t16-/m1/s1. The van der Waals surface area contributed by atoms with Crippen LogP contribution in [0.3, 0.4) is 0 Å². The summed E-state index contributed by atoms with van der Waals surface area (Å²) in [7, 11) is 0. The molecule has 1 fully saturated rings. The van der Waals surface area contributed by atoms with Crippen molar-refractivity contribution in [1.29, 1.82) is 0 Å². The van der Waals surface area contributed by atoms with Crippen molar-refractivity contribution in [2.75, 3.05) is 23.7 Å². The smallest absolute Gasteiger partial charge is 0.232 e. The molecule has 0 aliphatic carbocycles. The molecule has 2 aromatic rings. The van der Waals surface area contributed by atoms with Gasteiger partial charge in [0.15, 0.2) is 5.16 Å². The molecule has 27 heavy (non-hydrogen) atoms. The summed E-state index contributed by atoms with van der Waals surface area (Å²) in [5.74, 6) is 1.66. The lowest BCUT2D eigenvalue weighted by atomic mass is 10.1. The second kappa shape index (κ2) is 9.26. The molecule has 1 saturated heterocycles. The van der Waals surface area contributed by atoms with Crippen molar-refractivity contribution in [2.45, 2.75) is 51.2 Å². The lowest BCUT2D eigenvalue weighted by Crippen LogP contribution is -2.37. The minimum atomic E-state index is 0.0309. The Balaban J connectivity index is 1.78. The van der Waals surface area contributed by atoms with Gasteiger partial charge in [0.2, 0.25) is 11.9 Å². The van der Waals surface area contributed by atoms with E-state index < -0.39 is 0 Å². The van der Waals surface area contributed by atoms with Crippen LogP contribution in [0.15, 0.2) is 35.5 Å². The van der Waals surface area contributed by atoms with Crippen LogP contribution in [0.2, 0.25) is 0 Å².